The van der Waals surface area contributed by atoms with E-state index in [-0.39, 0.29) is 17.6 Å². The topological polar surface area (TPSA) is 46.2 Å². The summed E-state index contributed by atoms with van der Waals surface area (Å²) in [5.41, 5.74) is 2.21. The summed E-state index contributed by atoms with van der Waals surface area (Å²) in [6.07, 6.45) is 4.52. The molecule has 18 heavy (non-hydrogen) atoms. The quantitative estimate of drug-likeness (QED) is 0.833. The fraction of sp³-hybridized carbons (Fsp3) is 0.429. The van der Waals surface area contributed by atoms with Crippen molar-refractivity contribution in [1.82, 2.24) is 0 Å². The number of fused-ring (bicyclic) bond motifs is 1. The van der Waals surface area contributed by atoms with E-state index in [1.54, 1.807) is 12.1 Å². The Balaban J connectivity index is 1.95. The first-order valence-electron chi connectivity index (χ1n) is 6.31. The van der Waals surface area contributed by atoms with Crippen LogP contribution >= 0.6 is 11.6 Å². The Hall–Kier alpha value is -1.35. The molecule has 0 bridgehead atoms. The molecule has 0 spiro atoms. The molecule has 0 radical (unpaired) electrons. The maximum Gasteiger partial charge on any atom is 0.228 e. The average Bonchev–Trinajstić information content (AvgIpc) is 2.94. The van der Waals surface area contributed by atoms with E-state index in [0.717, 1.165) is 36.9 Å². The van der Waals surface area contributed by atoms with Gasteiger partial charge in [-0.3, -0.25) is 9.59 Å². The molecular formula is C14H14ClNO2. The second-order valence-electron chi connectivity index (χ2n) is 5.06. The largest absolute Gasteiger partial charge is 0.325 e. The highest BCUT2D eigenvalue weighted by molar-refractivity contribution is 6.34. The average molecular weight is 264 g/mol. The minimum Gasteiger partial charge on any atom is -0.325 e. The highest BCUT2D eigenvalue weighted by Crippen LogP contribution is 2.34. The molecule has 1 aliphatic heterocycles. The molecular weight excluding hydrogens is 250 g/mol. The lowest BCUT2D eigenvalue weighted by Crippen LogP contribution is -2.11. The Morgan fingerprint density at radius 2 is 2.00 bits per heavy atom. The van der Waals surface area contributed by atoms with Crippen LogP contribution in [0.25, 0.3) is 0 Å². The van der Waals surface area contributed by atoms with Crippen LogP contribution in [0.4, 0.5) is 5.69 Å². The number of carbonyl (C=O) groups is 2. The first-order valence-corrected chi connectivity index (χ1v) is 6.69. The molecule has 1 aromatic carbocycles. The van der Waals surface area contributed by atoms with Gasteiger partial charge in [-0.25, -0.2) is 0 Å². The molecule has 2 aliphatic rings. The van der Waals surface area contributed by atoms with Gasteiger partial charge < -0.3 is 5.32 Å². The van der Waals surface area contributed by atoms with Crippen molar-refractivity contribution in [3.8, 4) is 0 Å². The molecule has 1 fully saturated rings. The lowest BCUT2D eigenvalue weighted by molar-refractivity contribution is -0.115. The van der Waals surface area contributed by atoms with Gasteiger partial charge in [-0.1, -0.05) is 24.4 Å². The molecule has 1 aromatic rings. The summed E-state index contributed by atoms with van der Waals surface area (Å²) in [6.45, 7) is 0. The van der Waals surface area contributed by atoms with Gasteiger partial charge in [-0.2, -0.15) is 0 Å². The highest BCUT2D eigenvalue weighted by atomic mass is 35.5. The Bertz CT molecular complexity index is 533. The van der Waals surface area contributed by atoms with Gasteiger partial charge >= 0.3 is 0 Å². The number of nitrogens with one attached hydrogen (secondary N) is 1. The van der Waals surface area contributed by atoms with Crippen molar-refractivity contribution in [1.29, 1.82) is 0 Å². The smallest absolute Gasteiger partial charge is 0.228 e. The molecule has 4 heteroatoms. The third-order valence-corrected chi connectivity index (χ3v) is 4.12. The molecule has 1 heterocycles. The number of amides is 1. The monoisotopic (exact) mass is 263 g/mol. The van der Waals surface area contributed by atoms with Crippen molar-refractivity contribution in [3.05, 3.63) is 28.3 Å². The second kappa shape index (κ2) is 4.39. The van der Waals surface area contributed by atoms with Crippen molar-refractivity contribution >= 4 is 29.0 Å². The number of ketones is 1. The maximum absolute atomic E-state index is 12.4. The molecule has 0 aromatic heterocycles. The van der Waals surface area contributed by atoms with E-state index in [1.807, 2.05) is 0 Å². The van der Waals surface area contributed by atoms with E-state index in [9.17, 15) is 9.59 Å². The predicted molar refractivity (Wildman–Crippen MR) is 70.1 cm³/mol. The van der Waals surface area contributed by atoms with Crippen LogP contribution in [-0.2, 0) is 11.2 Å². The zero-order valence-electron chi connectivity index (χ0n) is 9.96. The Kier molecular flexibility index (Phi) is 2.86. The van der Waals surface area contributed by atoms with E-state index in [1.165, 1.54) is 0 Å². The number of rotatable bonds is 2. The van der Waals surface area contributed by atoms with Gasteiger partial charge in [0.05, 0.1) is 11.4 Å². The first-order chi connectivity index (χ1) is 8.65. The van der Waals surface area contributed by atoms with E-state index in [2.05, 4.69) is 5.32 Å². The lowest BCUT2D eigenvalue weighted by atomic mass is 9.94. The Morgan fingerprint density at radius 1 is 1.28 bits per heavy atom. The number of carbonyl (C=O) groups excluding carboxylic acids is 2. The molecule has 1 aliphatic carbocycles. The van der Waals surface area contributed by atoms with E-state index < -0.39 is 0 Å². The van der Waals surface area contributed by atoms with Gasteiger partial charge in [-0.15, -0.1) is 0 Å². The molecule has 0 unspecified atom stereocenters. The molecule has 3 rings (SSSR count). The van der Waals surface area contributed by atoms with Crippen molar-refractivity contribution in [2.24, 2.45) is 5.92 Å². The summed E-state index contributed by atoms with van der Waals surface area (Å²) in [7, 11) is 0. The summed E-state index contributed by atoms with van der Waals surface area (Å²) in [5.74, 6) is 0.219. The fourth-order valence-electron chi connectivity index (χ4n) is 2.84. The van der Waals surface area contributed by atoms with Crippen LogP contribution in [0.5, 0.6) is 0 Å². The van der Waals surface area contributed by atoms with Crippen LogP contribution < -0.4 is 5.32 Å². The van der Waals surface area contributed by atoms with Crippen molar-refractivity contribution < 1.29 is 9.59 Å². The molecule has 0 atom stereocenters. The predicted octanol–water partition coefficient (Wildman–Crippen LogP) is 3.21. The zero-order valence-corrected chi connectivity index (χ0v) is 10.7. The number of hydrogen-bond donors (Lipinski definition) is 1. The van der Waals surface area contributed by atoms with Crippen LogP contribution in [0.15, 0.2) is 12.1 Å². The zero-order chi connectivity index (χ0) is 12.7. The normalized spacial score (nSPS) is 18.8. The van der Waals surface area contributed by atoms with Crippen LogP contribution in [0.2, 0.25) is 5.02 Å². The Morgan fingerprint density at radius 3 is 2.72 bits per heavy atom. The van der Waals surface area contributed by atoms with Gasteiger partial charge in [0.25, 0.3) is 0 Å². The van der Waals surface area contributed by atoms with Gasteiger partial charge in [0, 0.05) is 17.2 Å². The Labute approximate surface area is 111 Å². The molecule has 1 amide bonds. The van der Waals surface area contributed by atoms with Gasteiger partial charge in [0.1, 0.15) is 0 Å². The second-order valence-corrected chi connectivity index (χ2v) is 5.47. The standard InChI is InChI=1S/C14H14ClNO2/c15-11-7-12-9(6-13(17)16-12)5-10(11)14(18)8-3-1-2-4-8/h5,7-8H,1-4,6H2,(H,16,17). The van der Waals surface area contributed by atoms with Gasteiger partial charge in [0.2, 0.25) is 5.91 Å². The van der Waals surface area contributed by atoms with E-state index in [0.29, 0.717) is 17.0 Å². The summed E-state index contributed by atoms with van der Waals surface area (Å²) in [4.78, 5) is 23.7. The maximum atomic E-state index is 12.4. The molecule has 1 saturated carbocycles. The van der Waals surface area contributed by atoms with Crippen molar-refractivity contribution in [2.75, 3.05) is 5.32 Å². The summed E-state index contributed by atoms with van der Waals surface area (Å²) < 4.78 is 0. The third kappa shape index (κ3) is 1.93. The van der Waals surface area contributed by atoms with Gasteiger partial charge in [0.15, 0.2) is 5.78 Å². The molecule has 94 valence electrons. The first kappa shape index (κ1) is 11.7. The number of anilines is 1. The summed E-state index contributed by atoms with van der Waals surface area (Å²) >= 11 is 6.16. The van der Waals surface area contributed by atoms with E-state index in [4.69, 9.17) is 11.6 Å². The summed E-state index contributed by atoms with van der Waals surface area (Å²) in [5, 5.41) is 3.19. The van der Waals surface area contributed by atoms with Gasteiger partial charge in [-0.05, 0) is 30.5 Å². The lowest BCUT2D eigenvalue weighted by Gasteiger charge is -2.11. The van der Waals surface area contributed by atoms with Crippen molar-refractivity contribution in [2.45, 2.75) is 32.1 Å². The van der Waals surface area contributed by atoms with E-state index >= 15 is 0 Å². The van der Waals surface area contributed by atoms with Crippen LogP contribution in [-0.4, -0.2) is 11.7 Å². The molecule has 3 nitrogen and oxygen atoms in total. The van der Waals surface area contributed by atoms with Crippen LogP contribution in [0, 0.1) is 5.92 Å². The number of benzene rings is 1. The van der Waals surface area contributed by atoms with Crippen LogP contribution in [0.1, 0.15) is 41.6 Å². The molecule has 0 saturated heterocycles. The SMILES string of the molecule is O=C1Cc2cc(C(=O)C3CCCC3)c(Cl)cc2N1. The van der Waals surface area contributed by atoms with Crippen LogP contribution in [0.3, 0.4) is 0 Å². The number of hydrogen-bond acceptors (Lipinski definition) is 2. The molecule has 1 N–H and O–H groups in total. The fourth-order valence-corrected chi connectivity index (χ4v) is 3.10. The highest BCUT2D eigenvalue weighted by Gasteiger charge is 2.27. The van der Waals surface area contributed by atoms with Crippen molar-refractivity contribution in [3.63, 3.8) is 0 Å². The number of halogens is 1. The third-order valence-electron chi connectivity index (χ3n) is 3.81. The minimum absolute atomic E-state index is 0.0356. The minimum atomic E-state index is -0.0356. The summed E-state index contributed by atoms with van der Waals surface area (Å²) in [6, 6.07) is 3.49. The number of Topliss-reactive ketones (excluding diaryl/α,β-unsaturated/α-hetero) is 1.